The molecule has 0 spiro atoms. The molecule has 1 heterocycles. The van der Waals surface area contributed by atoms with E-state index in [0.29, 0.717) is 24.0 Å². The summed E-state index contributed by atoms with van der Waals surface area (Å²) in [5.41, 5.74) is 6.36. The maximum atomic E-state index is 12.8. The molecule has 2 saturated carbocycles. The van der Waals surface area contributed by atoms with Crippen molar-refractivity contribution in [2.75, 3.05) is 26.7 Å². The molecule has 0 radical (unpaired) electrons. The largest absolute Gasteiger partial charge is 0.381 e. The summed E-state index contributed by atoms with van der Waals surface area (Å²) in [6.45, 7) is 7.30. The van der Waals surface area contributed by atoms with Crippen LogP contribution < -0.4 is 11.1 Å². The minimum Gasteiger partial charge on any atom is -0.381 e. The number of carbonyl (C=O) groups excluding carboxylic acids is 1. The topological polar surface area (TPSA) is 67.6 Å². The number of amides is 1. The predicted octanol–water partition coefficient (Wildman–Crippen LogP) is 2.99. The summed E-state index contributed by atoms with van der Waals surface area (Å²) in [5, 5.41) is 3.27. The fourth-order valence-corrected chi connectivity index (χ4v) is 5.26. The monoisotopic (exact) mass is 423 g/mol. The molecule has 3 fully saturated rings. The van der Waals surface area contributed by atoms with Crippen LogP contribution in [0.2, 0.25) is 0 Å². The quantitative estimate of drug-likeness (QED) is 0.712. The number of nitrogens with zero attached hydrogens (tertiary/aromatic N) is 1. The number of fused-ring (bicyclic) bond motifs is 2. The molecule has 3 aliphatic rings. The van der Waals surface area contributed by atoms with Gasteiger partial charge in [0, 0.05) is 44.2 Å². The summed E-state index contributed by atoms with van der Waals surface area (Å²) >= 11 is 0. The lowest BCUT2D eigenvalue weighted by atomic mass is 9.65. The Labute approximate surface area is 177 Å². The molecule has 1 amide bonds. The van der Waals surface area contributed by atoms with Gasteiger partial charge in [-0.25, -0.2) is 0 Å². The Hall–Kier alpha value is -0.0700. The van der Waals surface area contributed by atoms with E-state index in [4.69, 9.17) is 10.5 Å². The average Bonchev–Trinajstić information content (AvgIpc) is 2.59. The highest BCUT2D eigenvalue weighted by molar-refractivity contribution is 5.85. The summed E-state index contributed by atoms with van der Waals surface area (Å²) in [5.74, 6) is 1.54. The van der Waals surface area contributed by atoms with Crippen LogP contribution in [0.15, 0.2) is 0 Å². The van der Waals surface area contributed by atoms with Gasteiger partial charge >= 0.3 is 0 Å². The van der Waals surface area contributed by atoms with E-state index in [0.717, 1.165) is 45.3 Å². The summed E-state index contributed by atoms with van der Waals surface area (Å²) in [4.78, 5) is 15.3. The molecule has 3 N–H and O–H groups in total. The molecule has 2 aliphatic carbocycles. The Morgan fingerprint density at radius 2 is 1.67 bits per heavy atom. The molecule has 7 heteroatoms. The molecule has 27 heavy (non-hydrogen) atoms. The van der Waals surface area contributed by atoms with Gasteiger partial charge in [-0.3, -0.25) is 9.69 Å². The molecule has 1 aliphatic heterocycles. The molecule has 2 bridgehead atoms. The van der Waals surface area contributed by atoms with Gasteiger partial charge < -0.3 is 15.8 Å². The van der Waals surface area contributed by atoms with E-state index in [1.54, 1.807) is 7.11 Å². The minimum absolute atomic E-state index is 0. The maximum Gasteiger partial charge on any atom is 0.223 e. The van der Waals surface area contributed by atoms with Crippen molar-refractivity contribution >= 4 is 30.7 Å². The number of hydrogen-bond donors (Lipinski definition) is 2. The number of halogens is 2. The Balaban J connectivity index is 0.00000182. The van der Waals surface area contributed by atoms with Crippen molar-refractivity contribution < 1.29 is 9.53 Å². The van der Waals surface area contributed by atoms with Gasteiger partial charge in [-0.1, -0.05) is 6.42 Å². The Morgan fingerprint density at radius 1 is 1.11 bits per heavy atom. The van der Waals surface area contributed by atoms with Gasteiger partial charge in [-0.15, -0.1) is 24.8 Å². The first-order chi connectivity index (χ1) is 11.9. The third kappa shape index (κ3) is 5.96. The number of rotatable bonds is 5. The van der Waals surface area contributed by atoms with Gasteiger partial charge in [-0.2, -0.15) is 0 Å². The molecule has 160 valence electrons. The number of ether oxygens (including phenoxy) is 1. The highest BCUT2D eigenvalue weighted by Crippen LogP contribution is 2.41. The summed E-state index contributed by atoms with van der Waals surface area (Å²) in [6, 6.07) is 0.330. The van der Waals surface area contributed by atoms with Crippen LogP contribution in [0.3, 0.4) is 0 Å². The molecule has 1 saturated heterocycles. The predicted molar refractivity (Wildman–Crippen MR) is 115 cm³/mol. The lowest BCUT2D eigenvalue weighted by Crippen LogP contribution is -2.56. The van der Waals surface area contributed by atoms with Crippen molar-refractivity contribution in [3.8, 4) is 0 Å². The summed E-state index contributed by atoms with van der Waals surface area (Å²) in [7, 11) is 1.80. The van der Waals surface area contributed by atoms with E-state index in [2.05, 4.69) is 24.1 Å². The van der Waals surface area contributed by atoms with E-state index >= 15 is 0 Å². The van der Waals surface area contributed by atoms with Gasteiger partial charge in [0.15, 0.2) is 0 Å². The molecular weight excluding hydrogens is 385 g/mol. The van der Waals surface area contributed by atoms with Gasteiger partial charge in [0.25, 0.3) is 0 Å². The van der Waals surface area contributed by atoms with Gasteiger partial charge in [0.1, 0.15) is 0 Å². The smallest absolute Gasteiger partial charge is 0.223 e. The number of piperidine rings is 1. The molecule has 2 atom stereocenters. The molecule has 0 aromatic carbocycles. The van der Waals surface area contributed by atoms with Crippen molar-refractivity contribution in [3.63, 3.8) is 0 Å². The summed E-state index contributed by atoms with van der Waals surface area (Å²) in [6.07, 6.45) is 8.25. The molecule has 3 rings (SSSR count). The zero-order valence-corrected chi connectivity index (χ0v) is 18.7. The SMILES string of the molecule is COC1CCN(C(C)(C)CNC(=O)C2CC3CCCC(C2)C3N)CC1.Cl.Cl. The second-order valence-corrected chi connectivity index (χ2v) is 9.15. The second-order valence-electron chi connectivity index (χ2n) is 9.15. The zero-order valence-electron chi connectivity index (χ0n) is 17.1. The van der Waals surface area contributed by atoms with Crippen LogP contribution in [-0.2, 0) is 9.53 Å². The third-order valence-corrected chi connectivity index (χ3v) is 7.11. The van der Waals surface area contributed by atoms with Crippen molar-refractivity contribution in [3.05, 3.63) is 0 Å². The molecule has 2 unspecified atom stereocenters. The number of likely N-dealkylation sites (tertiary alicyclic amines) is 1. The Bertz CT molecular complexity index is 456. The van der Waals surface area contributed by atoms with E-state index < -0.39 is 0 Å². The second kappa shape index (κ2) is 10.6. The van der Waals surface area contributed by atoms with E-state index in [9.17, 15) is 4.79 Å². The van der Waals surface area contributed by atoms with Crippen LogP contribution in [0.5, 0.6) is 0 Å². The Morgan fingerprint density at radius 3 is 2.19 bits per heavy atom. The summed E-state index contributed by atoms with van der Waals surface area (Å²) < 4.78 is 5.47. The van der Waals surface area contributed by atoms with Crippen molar-refractivity contribution in [1.82, 2.24) is 10.2 Å². The molecule has 0 aromatic heterocycles. The van der Waals surface area contributed by atoms with Crippen LogP contribution >= 0.6 is 24.8 Å². The van der Waals surface area contributed by atoms with Crippen LogP contribution in [0.4, 0.5) is 0 Å². The van der Waals surface area contributed by atoms with Crippen LogP contribution in [-0.4, -0.2) is 55.2 Å². The lowest BCUT2D eigenvalue weighted by molar-refractivity contribution is -0.128. The van der Waals surface area contributed by atoms with Crippen LogP contribution in [0, 0.1) is 17.8 Å². The third-order valence-electron chi connectivity index (χ3n) is 7.11. The lowest BCUT2D eigenvalue weighted by Gasteiger charge is -2.45. The van der Waals surface area contributed by atoms with E-state index in [1.165, 1.54) is 19.3 Å². The molecular formula is C20H39Cl2N3O2. The zero-order chi connectivity index (χ0) is 18.0. The molecule has 0 aromatic rings. The van der Waals surface area contributed by atoms with Crippen molar-refractivity contribution in [1.29, 1.82) is 0 Å². The number of nitrogens with two attached hydrogens (primary N) is 1. The minimum atomic E-state index is -0.00465. The average molecular weight is 424 g/mol. The van der Waals surface area contributed by atoms with Crippen LogP contribution in [0.25, 0.3) is 0 Å². The first-order valence-electron chi connectivity index (χ1n) is 10.2. The number of carbonyl (C=O) groups is 1. The first kappa shape index (κ1) is 25.0. The number of nitrogens with one attached hydrogen (secondary N) is 1. The van der Waals surface area contributed by atoms with Gasteiger partial charge in [0.2, 0.25) is 5.91 Å². The normalized spacial score (nSPS) is 32.1. The highest BCUT2D eigenvalue weighted by atomic mass is 35.5. The van der Waals surface area contributed by atoms with Crippen molar-refractivity contribution in [2.45, 2.75) is 76.5 Å². The van der Waals surface area contributed by atoms with E-state index in [1.807, 2.05) is 0 Å². The van der Waals surface area contributed by atoms with Crippen LogP contribution in [0.1, 0.15) is 58.8 Å². The first-order valence-corrected chi connectivity index (χ1v) is 10.2. The fraction of sp³-hybridized carbons (Fsp3) is 0.950. The van der Waals surface area contributed by atoms with E-state index in [-0.39, 0.29) is 42.2 Å². The number of methoxy groups -OCH3 is 1. The maximum absolute atomic E-state index is 12.8. The Kier molecular flexibility index (Phi) is 9.83. The number of hydrogen-bond acceptors (Lipinski definition) is 4. The van der Waals surface area contributed by atoms with Crippen molar-refractivity contribution in [2.24, 2.45) is 23.5 Å². The highest BCUT2D eigenvalue weighted by Gasteiger charge is 2.41. The fourth-order valence-electron chi connectivity index (χ4n) is 5.26. The van der Waals surface area contributed by atoms with Gasteiger partial charge in [0.05, 0.1) is 6.10 Å². The standard InChI is InChI=1S/C20H37N3O2.2ClH/c1-20(2,23-9-7-17(25-3)8-10-23)13-22-19(24)16-11-14-5-4-6-15(12-16)18(14)21;;/h14-18H,4-13,21H2,1-3H3,(H,22,24);2*1H. The molecule has 5 nitrogen and oxygen atoms in total. The van der Waals surface area contributed by atoms with Gasteiger partial charge in [-0.05, 0) is 64.2 Å².